The van der Waals surface area contributed by atoms with Crippen LogP contribution in [-0.4, -0.2) is 11.9 Å². The van der Waals surface area contributed by atoms with E-state index in [0.717, 1.165) is 24.1 Å². The van der Waals surface area contributed by atoms with Crippen molar-refractivity contribution in [3.8, 4) is 0 Å². The van der Waals surface area contributed by atoms with Crippen molar-refractivity contribution in [1.82, 2.24) is 5.32 Å². The highest BCUT2D eigenvalue weighted by molar-refractivity contribution is 7.10. The highest BCUT2D eigenvalue weighted by Crippen LogP contribution is 2.31. The van der Waals surface area contributed by atoms with E-state index in [-0.39, 0.29) is 5.91 Å². The summed E-state index contributed by atoms with van der Waals surface area (Å²) in [5.41, 5.74) is 0.965. The molecule has 0 radical (unpaired) electrons. The second-order valence-corrected chi connectivity index (χ2v) is 7.12. The molecule has 3 nitrogen and oxygen atoms in total. The number of nitrogens with one attached hydrogen (secondary N) is 2. The van der Waals surface area contributed by atoms with Crippen LogP contribution in [0.5, 0.6) is 0 Å². The molecule has 1 aromatic heterocycles. The number of amides is 1. The second-order valence-electron chi connectivity index (χ2n) is 6.12. The fourth-order valence-corrected chi connectivity index (χ4v) is 3.99. The molecule has 0 aliphatic heterocycles. The molecule has 2 N–H and O–H groups in total. The second kappa shape index (κ2) is 7.23. The van der Waals surface area contributed by atoms with Gasteiger partial charge in [-0.1, -0.05) is 26.7 Å². The lowest BCUT2D eigenvalue weighted by Gasteiger charge is -2.35. The average molecular weight is 294 g/mol. The number of carbonyl (C=O) groups is 1. The molecule has 1 saturated carbocycles. The van der Waals surface area contributed by atoms with Crippen molar-refractivity contribution in [2.75, 3.05) is 5.32 Å². The van der Waals surface area contributed by atoms with Gasteiger partial charge in [-0.3, -0.25) is 4.79 Å². The molecule has 2 rings (SSSR count). The van der Waals surface area contributed by atoms with Crippen molar-refractivity contribution in [3.05, 3.63) is 16.3 Å². The third-order valence-corrected chi connectivity index (χ3v) is 5.18. The van der Waals surface area contributed by atoms with E-state index in [4.69, 9.17) is 0 Å². The Morgan fingerprint density at radius 3 is 2.85 bits per heavy atom. The fourth-order valence-electron chi connectivity index (χ4n) is 3.21. The number of rotatable bonds is 5. The maximum atomic E-state index is 11.2. The van der Waals surface area contributed by atoms with E-state index < -0.39 is 0 Å². The Hall–Kier alpha value is -0.870. The summed E-state index contributed by atoms with van der Waals surface area (Å²) in [7, 11) is 0. The summed E-state index contributed by atoms with van der Waals surface area (Å²) in [6, 6.07) is 2.61. The van der Waals surface area contributed by atoms with Crippen LogP contribution in [0.15, 0.2) is 11.4 Å². The molecule has 0 aromatic carbocycles. The van der Waals surface area contributed by atoms with Gasteiger partial charge in [0.05, 0.1) is 5.69 Å². The largest absolute Gasteiger partial charge is 0.325 e. The van der Waals surface area contributed by atoms with Gasteiger partial charge >= 0.3 is 0 Å². The van der Waals surface area contributed by atoms with Crippen molar-refractivity contribution in [3.63, 3.8) is 0 Å². The fraction of sp³-hybridized carbons (Fsp3) is 0.688. The summed E-state index contributed by atoms with van der Waals surface area (Å²) in [6.07, 6.45) is 5.34. The first-order valence-corrected chi connectivity index (χ1v) is 8.53. The Morgan fingerprint density at radius 1 is 1.40 bits per heavy atom. The lowest BCUT2D eigenvalue weighted by Crippen LogP contribution is -2.40. The molecule has 0 spiro atoms. The van der Waals surface area contributed by atoms with Crippen LogP contribution in [0.3, 0.4) is 0 Å². The first kappa shape index (κ1) is 15.5. The molecular formula is C16H26N2OS. The normalized spacial score (nSPS) is 23.0. The van der Waals surface area contributed by atoms with E-state index in [1.807, 2.05) is 11.4 Å². The maximum Gasteiger partial charge on any atom is 0.221 e. The Labute approximate surface area is 126 Å². The Balaban J connectivity index is 1.93. The van der Waals surface area contributed by atoms with Gasteiger partial charge in [0.25, 0.3) is 0 Å². The number of anilines is 1. The molecule has 1 fully saturated rings. The molecule has 1 aliphatic carbocycles. The molecule has 20 heavy (non-hydrogen) atoms. The molecule has 1 amide bonds. The minimum absolute atomic E-state index is 0.00220. The minimum atomic E-state index is 0.00220. The molecule has 4 heteroatoms. The monoisotopic (exact) mass is 294 g/mol. The van der Waals surface area contributed by atoms with Gasteiger partial charge in [0, 0.05) is 24.4 Å². The van der Waals surface area contributed by atoms with Gasteiger partial charge in [-0.05, 0) is 36.1 Å². The van der Waals surface area contributed by atoms with E-state index in [1.54, 1.807) is 18.3 Å². The highest BCUT2D eigenvalue weighted by Gasteiger charge is 2.27. The summed E-state index contributed by atoms with van der Waals surface area (Å²) < 4.78 is 0. The molecule has 112 valence electrons. The maximum absolute atomic E-state index is 11.2. The Bertz CT molecular complexity index is 441. The van der Waals surface area contributed by atoms with Crippen LogP contribution < -0.4 is 10.6 Å². The van der Waals surface area contributed by atoms with E-state index in [0.29, 0.717) is 6.04 Å². The standard InChI is InChI=1S/C16H26N2OS/c1-11(2)13-6-4-5-7-14(13)17-10-16-15(8-9-20-16)18-12(3)19/h8-9,11,13-14,17H,4-7,10H2,1-3H3,(H,18,19). The molecule has 0 saturated heterocycles. The zero-order chi connectivity index (χ0) is 14.5. The third kappa shape index (κ3) is 4.06. The molecular weight excluding hydrogens is 268 g/mol. The smallest absolute Gasteiger partial charge is 0.221 e. The van der Waals surface area contributed by atoms with Crippen LogP contribution in [0, 0.1) is 11.8 Å². The summed E-state index contributed by atoms with van der Waals surface area (Å²) in [6.45, 7) is 7.09. The van der Waals surface area contributed by atoms with Gasteiger partial charge in [-0.2, -0.15) is 0 Å². The first-order chi connectivity index (χ1) is 9.58. The topological polar surface area (TPSA) is 41.1 Å². The molecule has 2 unspecified atom stereocenters. The summed E-state index contributed by atoms with van der Waals surface area (Å²) >= 11 is 1.71. The number of hydrogen-bond donors (Lipinski definition) is 2. The predicted molar refractivity (Wildman–Crippen MR) is 86.0 cm³/mol. The first-order valence-electron chi connectivity index (χ1n) is 7.65. The lowest BCUT2D eigenvalue weighted by molar-refractivity contribution is -0.114. The van der Waals surface area contributed by atoms with Crippen molar-refractivity contribution in [2.24, 2.45) is 11.8 Å². The lowest BCUT2D eigenvalue weighted by atomic mass is 9.78. The number of carbonyl (C=O) groups excluding carboxylic acids is 1. The zero-order valence-electron chi connectivity index (χ0n) is 12.7. The highest BCUT2D eigenvalue weighted by atomic mass is 32.1. The Morgan fingerprint density at radius 2 is 2.15 bits per heavy atom. The zero-order valence-corrected chi connectivity index (χ0v) is 13.6. The quantitative estimate of drug-likeness (QED) is 0.861. The van der Waals surface area contributed by atoms with E-state index in [2.05, 4.69) is 24.5 Å². The summed E-state index contributed by atoms with van der Waals surface area (Å²) in [5, 5.41) is 8.68. The van der Waals surface area contributed by atoms with Crippen molar-refractivity contribution < 1.29 is 4.79 Å². The van der Waals surface area contributed by atoms with E-state index in [9.17, 15) is 4.79 Å². The van der Waals surface area contributed by atoms with Gasteiger partial charge in [0.2, 0.25) is 5.91 Å². The van der Waals surface area contributed by atoms with Crippen LogP contribution in [0.1, 0.15) is 51.3 Å². The molecule has 0 bridgehead atoms. The van der Waals surface area contributed by atoms with Crippen molar-refractivity contribution in [2.45, 2.75) is 59.0 Å². The van der Waals surface area contributed by atoms with Gasteiger partial charge < -0.3 is 10.6 Å². The molecule has 2 atom stereocenters. The Kier molecular flexibility index (Phi) is 5.61. The van der Waals surface area contributed by atoms with Crippen molar-refractivity contribution >= 4 is 22.9 Å². The van der Waals surface area contributed by atoms with E-state index >= 15 is 0 Å². The molecule has 1 aliphatic rings. The molecule has 1 heterocycles. The van der Waals surface area contributed by atoms with Gasteiger partial charge in [0.1, 0.15) is 0 Å². The van der Waals surface area contributed by atoms with Crippen LogP contribution in [0.25, 0.3) is 0 Å². The van der Waals surface area contributed by atoms with Crippen molar-refractivity contribution in [1.29, 1.82) is 0 Å². The average Bonchev–Trinajstić information content (AvgIpc) is 2.83. The number of hydrogen-bond acceptors (Lipinski definition) is 3. The van der Waals surface area contributed by atoms with Crippen LogP contribution in [0.4, 0.5) is 5.69 Å². The summed E-state index contributed by atoms with van der Waals surface area (Å²) in [4.78, 5) is 12.4. The van der Waals surface area contributed by atoms with Gasteiger partial charge in [-0.15, -0.1) is 11.3 Å². The summed E-state index contributed by atoms with van der Waals surface area (Å²) in [5.74, 6) is 1.53. The van der Waals surface area contributed by atoms with Gasteiger partial charge in [-0.25, -0.2) is 0 Å². The van der Waals surface area contributed by atoms with Crippen LogP contribution in [-0.2, 0) is 11.3 Å². The van der Waals surface area contributed by atoms with E-state index in [1.165, 1.54) is 30.6 Å². The molecule has 1 aromatic rings. The third-order valence-electron chi connectivity index (χ3n) is 4.26. The van der Waals surface area contributed by atoms with Crippen LogP contribution in [0.2, 0.25) is 0 Å². The van der Waals surface area contributed by atoms with Crippen LogP contribution >= 0.6 is 11.3 Å². The predicted octanol–water partition coefficient (Wildman–Crippen LogP) is 4.01. The number of thiophene rings is 1. The SMILES string of the molecule is CC(=O)Nc1ccsc1CNC1CCCCC1C(C)C. The van der Waals surface area contributed by atoms with Gasteiger partial charge in [0.15, 0.2) is 0 Å². The minimum Gasteiger partial charge on any atom is -0.325 e.